The zero-order chi connectivity index (χ0) is 18.4. The monoisotopic (exact) mass is 371 g/mol. The van der Waals surface area contributed by atoms with Gasteiger partial charge in [-0.25, -0.2) is 9.97 Å². The van der Waals surface area contributed by atoms with E-state index in [1.807, 2.05) is 13.8 Å². The van der Waals surface area contributed by atoms with E-state index >= 15 is 0 Å². The Hall–Kier alpha value is -2.81. The van der Waals surface area contributed by atoms with Crippen molar-refractivity contribution in [1.29, 1.82) is 0 Å². The van der Waals surface area contributed by atoms with E-state index < -0.39 is 5.91 Å². The van der Waals surface area contributed by atoms with Crippen molar-refractivity contribution < 1.29 is 14.1 Å². The number of primary amides is 1. The summed E-state index contributed by atoms with van der Waals surface area (Å²) in [5, 5.41) is 7.76. The van der Waals surface area contributed by atoms with Crippen LogP contribution in [0.25, 0.3) is 11.1 Å². The quantitative estimate of drug-likeness (QED) is 0.710. The van der Waals surface area contributed by atoms with Crippen LogP contribution in [0, 0.1) is 0 Å². The lowest BCUT2D eigenvalue weighted by Crippen LogP contribution is -2.13. The van der Waals surface area contributed by atoms with Gasteiger partial charge in [-0.2, -0.15) is 0 Å². The number of rotatable bonds is 5. The minimum Gasteiger partial charge on any atom is -0.365 e. The van der Waals surface area contributed by atoms with Crippen LogP contribution in [0.15, 0.2) is 16.8 Å². The molecule has 0 saturated heterocycles. The molecule has 1 aliphatic rings. The largest absolute Gasteiger partial charge is 0.365 e. The van der Waals surface area contributed by atoms with Crippen molar-refractivity contribution in [3.8, 4) is 0 Å². The number of nitrogens with zero attached hydrogens (tertiary/aromatic N) is 3. The van der Waals surface area contributed by atoms with E-state index in [2.05, 4.69) is 20.4 Å². The molecule has 1 fully saturated rings. The summed E-state index contributed by atoms with van der Waals surface area (Å²) < 4.78 is 5.39. The van der Waals surface area contributed by atoms with Crippen LogP contribution < -0.4 is 11.1 Å². The fraction of sp³-hybridized carbons (Fsp3) is 0.353. The van der Waals surface area contributed by atoms with Crippen LogP contribution in [0.4, 0.5) is 5.13 Å². The Morgan fingerprint density at radius 3 is 2.77 bits per heavy atom. The molecule has 0 spiro atoms. The number of fused-ring (bicyclic) bond motifs is 1. The third kappa shape index (κ3) is 2.94. The van der Waals surface area contributed by atoms with E-state index in [4.69, 9.17) is 10.3 Å². The number of amides is 2. The Kier molecular flexibility index (Phi) is 3.95. The molecule has 0 aromatic carbocycles. The van der Waals surface area contributed by atoms with E-state index in [-0.39, 0.29) is 16.7 Å². The zero-order valence-electron chi connectivity index (χ0n) is 14.3. The molecule has 26 heavy (non-hydrogen) atoms. The third-order valence-corrected chi connectivity index (χ3v) is 5.18. The summed E-state index contributed by atoms with van der Waals surface area (Å²) in [7, 11) is 0. The number of pyridine rings is 1. The first-order chi connectivity index (χ1) is 12.4. The molecule has 0 radical (unpaired) electrons. The molecule has 1 aliphatic carbocycles. The van der Waals surface area contributed by atoms with Crippen LogP contribution in [-0.4, -0.2) is 26.9 Å². The van der Waals surface area contributed by atoms with E-state index in [0.717, 1.165) is 29.9 Å². The number of hydrogen-bond acceptors (Lipinski definition) is 7. The Labute approximate surface area is 152 Å². The molecule has 8 nitrogen and oxygen atoms in total. The SMILES string of the molecule is CC(C)c1noc2nc(C3CC3)cc(C(=O)Nc3ncc(C(N)=O)s3)c12. The molecule has 0 bridgehead atoms. The first-order valence-corrected chi connectivity index (χ1v) is 9.13. The number of carbonyl (C=O) groups excluding carboxylic acids is 2. The minimum absolute atomic E-state index is 0.0812. The number of thiazole rings is 1. The standard InChI is InChI=1S/C17H17N5O3S/c1-7(2)13-12-9(5-10(8-3-4-8)20-16(12)25-22-13)15(24)21-17-19-6-11(26-17)14(18)23/h5-8H,3-4H2,1-2H3,(H2,18,23)(H,19,21,24). The molecule has 1 saturated carbocycles. The van der Waals surface area contributed by atoms with Crippen LogP contribution in [-0.2, 0) is 0 Å². The highest BCUT2D eigenvalue weighted by Gasteiger charge is 2.29. The van der Waals surface area contributed by atoms with Crippen LogP contribution >= 0.6 is 11.3 Å². The summed E-state index contributed by atoms with van der Waals surface area (Å²) in [4.78, 5) is 33.0. The summed E-state index contributed by atoms with van der Waals surface area (Å²) >= 11 is 1.03. The maximum Gasteiger partial charge on any atom is 0.260 e. The topological polar surface area (TPSA) is 124 Å². The fourth-order valence-electron chi connectivity index (χ4n) is 2.76. The van der Waals surface area contributed by atoms with Gasteiger partial charge in [-0.05, 0) is 24.8 Å². The van der Waals surface area contributed by atoms with E-state index in [0.29, 0.717) is 33.4 Å². The lowest BCUT2D eigenvalue weighted by molar-refractivity contribution is 0.100. The van der Waals surface area contributed by atoms with E-state index in [1.165, 1.54) is 6.20 Å². The highest BCUT2D eigenvalue weighted by molar-refractivity contribution is 7.17. The van der Waals surface area contributed by atoms with Crippen molar-refractivity contribution in [2.24, 2.45) is 5.73 Å². The van der Waals surface area contributed by atoms with E-state index in [9.17, 15) is 9.59 Å². The van der Waals surface area contributed by atoms with Gasteiger partial charge < -0.3 is 10.3 Å². The predicted molar refractivity (Wildman–Crippen MR) is 96.5 cm³/mol. The number of nitrogens with one attached hydrogen (secondary N) is 1. The molecule has 2 amide bonds. The van der Waals surface area contributed by atoms with Crippen molar-refractivity contribution in [3.63, 3.8) is 0 Å². The van der Waals surface area contributed by atoms with Gasteiger partial charge in [0.15, 0.2) is 5.13 Å². The molecule has 134 valence electrons. The Morgan fingerprint density at radius 1 is 1.38 bits per heavy atom. The van der Waals surface area contributed by atoms with Gasteiger partial charge in [-0.15, -0.1) is 0 Å². The molecule has 0 aliphatic heterocycles. The van der Waals surface area contributed by atoms with Crippen molar-refractivity contribution >= 4 is 39.4 Å². The molecule has 4 rings (SSSR count). The summed E-state index contributed by atoms with van der Waals surface area (Å²) in [6.45, 7) is 3.96. The van der Waals surface area contributed by atoms with Gasteiger partial charge in [0.1, 0.15) is 4.88 Å². The smallest absolute Gasteiger partial charge is 0.260 e. The lowest BCUT2D eigenvalue weighted by atomic mass is 10.0. The highest BCUT2D eigenvalue weighted by Crippen LogP contribution is 2.41. The minimum atomic E-state index is -0.577. The number of carbonyl (C=O) groups is 2. The van der Waals surface area contributed by atoms with Crippen LogP contribution in [0.3, 0.4) is 0 Å². The summed E-state index contributed by atoms with van der Waals surface area (Å²) in [6, 6.07) is 1.81. The van der Waals surface area contributed by atoms with Crippen molar-refractivity contribution in [1.82, 2.24) is 15.1 Å². The number of hydrogen-bond donors (Lipinski definition) is 2. The second-order valence-corrected chi connectivity index (χ2v) is 7.65. The lowest BCUT2D eigenvalue weighted by Gasteiger charge is -2.07. The van der Waals surface area contributed by atoms with Crippen LogP contribution in [0.1, 0.15) is 69.9 Å². The van der Waals surface area contributed by atoms with Crippen molar-refractivity contribution in [3.05, 3.63) is 34.1 Å². The molecule has 3 N–H and O–H groups in total. The van der Waals surface area contributed by atoms with Gasteiger partial charge in [0.2, 0.25) is 0 Å². The van der Waals surface area contributed by atoms with Crippen LogP contribution in [0.5, 0.6) is 0 Å². The molecular formula is C17H17N5O3S. The number of aromatic nitrogens is 3. The van der Waals surface area contributed by atoms with Gasteiger partial charge in [0.25, 0.3) is 17.5 Å². The summed E-state index contributed by atoms with van der Waals surface area (Å²) in [6.07, 6.45) is 3.46. The van der Waals surface area contributed by atoms with Gasteiger partial charge in [0, 0.05) is 11.6 Å². The predicted octanol–water partition coefficient (Wildman–Crippen LogP) is 3.03. The zero-order valence-corrected chi connectivity index (χ0v) is 15.1. The molecule has 3 heterocycles. The second kappa shape index (κ2) is 6.17. The number of anilines is 1. The van der Waals surface area contributed by atoms with E-state index in [1.54, 1.807) is 6.07 Å². The maximum atomic E-state index is 12.9. The average Bonchev–Trinajstić information content (AvgIpc) is 3.18. The molecule has 9 heteroatoms. The first-order valence-electron chi connectivity index (χ1n) is 8.31. The Bertz CT molecular complexity index is 1020. The third-order valence-electron chi connectivity index (χ3n) is 4.25. The van der Waals surface area contributed by atoms with Crippen molar-refractivity contribution in [2.75, 3.05) is 5.32 Å². The van der Waals surface area contributed by atoms with Crippen LogP contribution in [0.2, 0.25) is 0 Å². The molecular weight excluding hydrogens is 354 g/mol. The number of nitrogens with two attached hydrogens (primary N) is 1. The summed E-state index contributed by atoms with van der Waals surface area (Å²) in [5.41, 5.74) is 7.59. The van der Waals surface area contributed by atoms with Gasteiger partial charge >= 0.3 is 0 Å². The van der Waals surface area contributed by atoms with Crippen molar-refractivity contribution in [2.45, 2.75) is 38.5 Å². The molecule has 3 aromatic heterocycles. The van der Waals surface area contributed by atoms with Gasteiger partial charge in [-0.3, -0.25) is 14.9 Å². The average molecular weight is 371 g/mol. The highest BCUT2D eigenvalue weighted by atomic mass is 32.1. The normalized spacial score (nSPS) is 14.1. The van der Waals surface area contributed by atoms with Gasteiger partial charge in [-0.1, -0.05) is 30.3 Å². The summed E-state index contributed by atoms with van der Waals surface area (Å²) in [5.74, 6) is -0.473. The van der Waals surface area contributed by atoms with Gasteiger partial charge in [0.05, 0.1) is 22.8 Å². The fourth-order valence-corrected chi connectivity index (χ4v) is 3.43. The first kappa shape index (κ1) is 16.6. The Balaban J connectivity index is 1.76. The maximum absolute atomic E-state index is 12.9. The molecule has 3 aromatic rings. The Morgan fingerprint density at radius 2 is 2.15 bits per heavy atom. The second-order valence-electron chi connectivity index (χ2n) is 6.62. The molecule has 0 atom stereocenters. The molecule has 0 unspecified atom stereocenters.